The Bertz CT molecular complexity index is 742. The van der Waals surface area contributed by atoms with Gasteiger partial charge in [0.15, 0.2) is 0 Å². The topological polar surface area (TPSA) is 60.5 Å². The van der Waals surface area contributed by atoms with Crippen LogP contribution in [-0.4, -0.2) is 30.7 Å². The third-order valence-corrected chi connectivity index (χ3v) is 5.17. The second kappa shape index (κ2) is 7.97. The molecule has 3 rings (SSSR count). The summed E-state index contributed by atoms with van der Waals surface area (Å²) in [5.74, 6) is 1.16. The Hall–Kier alpha value is -1.92. The molecule has 0 saturated heterocycles. The first kappa shape index (κ1) is 17.9. The SMILES string of the molecule is CCOCCOc1ccc2c(c1)NC(=O)C[C@H]2c1nc(C(C)C)cs1. The van der Waals surface area contributed by atoms with Gasteiger partial charge in [0.2, 0.25) is 5.91 Å². The summed E-state index contributed by atoms with van der Waals surface area (Å²) in [5, 5.41) is 6.06. The molecule has 6 heteroatoms. The van der Waals surface area contributed by atoms with E-state index in [1.54, 1.807) is 11.3 Å². The van der Waals surface area contributed by atoms with Gasteiger partial charge in [-0.3, -0.25) is 4.79 Å². The number of fused-ring (bicyclic) bond motifs is 1. The third kappa shape index (κ3) is 4.19. The predicted molar refractivity (Wildman–Crippen MR) is 99.7 cm³/mol. The average Bonchev–Trinajstić information content (AvgIpc) is 3.08. The highest BCUT2D eigenvalue weighted by Crippen LogP contribution is 2.40. The average molecular weight is 360 g/mol. The lowest BCUT2D eigenvalue weighted by Gasteiger charge is -2.24. The van der Waals surface area contributed by atoms with Crippen LogP contribution in [0, 0.1) is 0 Å². The smallest absolute Gasteiger partial charge is 0.225 e. The fraction of sp³-hybridized carbons (Fsp3) is 0.474. The summed E-state index contributed by atoms with van der Waals surface area (Å²) in [6.07, 6.45) is 0.433. The third-order valence-electron chi connectivity index (χ3n) is 4.19. The van der Waals surface area contributed by atoms with E-state index < -0.39 is 0 Å². The first-order valence-electron chi connectivity index (χ1n) is 8.68. The number of nitrogens with zero attached hydrogens (tertiary/aromatic N) is 1. The van der Waals surface area contributed by atoms with Gasteiger partial charge in [0.1, 0.15) is 17.4 Å². The Morgan fingerprint density at radius 3 is 2.92 bits per heavy atom. The largest absolute Gasteiger partial charge is 0.491 e. The zero-order chi connectivity index (χ0) is 17.8. The summed E-state index contributed by atoms with van der Waals surface area (Å²) in [5.41, 5.74) is 3.00. The van der Waals surface area contributed by atoms with Crippen LogP contribution in [0.1, 0.15) is 55.3 Å². The van der Waals surface area contributed by atoms with Crippen LogP contribution < -0.4 is 10.1 Å². The van der Waals surface area contributed by atoms with E-state index in [1.165, 1.54) is 0 Å². The number of aromatic nitrogens is 1. The van der Waals surface area contributed by atoms with Gasteiger partial charge in [-0.1, -0.05) is 19.9 Å². The van der Waals surface area contributed by atoms with E-state index in [-0.39, 0.29) is 11.8 Å². The second-order valence-electron chi connectivity index (χ2n) is 6.36. The Kier molecular flexibility index (Phi) is 5.71. The quantitative estimate of drug-likeness (QED) is 0.753. The van der Waals surface area contributed by atoms with E-state index >= 15 is 0 Å². The van der Waals surface area contributed by atoms with Crippen molar-refractivity contribution in [2.75, 3.05) is 25.1 Å². The van der Waals surface area contributed by atoms with Crippen LogP contribution in [0.5, 0.6) is 5.75 Å². The number of hydrogen-bond acceptors (Lipinski definition) is 5. The van der Waals surface area contributed by atoms with Gasteiger partial charge in [-0.15, -0.1) is 11.3 Å². The molecule has 1 amide bonds. The molecule has 25 heavy (non-hydrogen) atoms. The first-order valence-corrected chi connectivity index (χ1v) is 9.56. The van der Waals surface area contributed by atoms with Crippen LogP contribution in [0.15, 0.2) is 23.6 Å². The minimum Gasteiger partial charge on any atom is -0.491 e. The van der Waals surface area contributed by atoms with Crippen LogP contribution in [0.4, 0.5) is 5.69 Å². The van der Waals surface area contributed by atoms with Crippen LogP contribution >= 0.6 is 11.3 Å². The number of hydrogen-bond donors (Lipinski definition) is 1. The van der Waals surface area contributed by atoms with Crippen LogP contribution in [-0.2, 0) is 9.53 Å². The van der Waals surface area contributed by atoms with E-state index in [0.29, 0.717) is 32.2 Å². The summed E-state index contributed by atoms with van der Waals surface area (Å²) < 4.78 is 11.0. The van der Waals surface area contributed by atoms with E-state index in [2.05, 4.69) is 24.5 Å². The van der Waals surface area contributed by atoms with Gasteiger partial charge in [0.25, 0.3) is 0 Å². The first-order chi connectivity index (χ1) is 12.1. The van der Waals surface area contributed by atoms with Gasteiger partial charge >= 0.3 is 0 Å². The molecule has 2 aromatic rings. The molecule has 0 saturated carbocycles. The summed E-state index contributed by atoms with van der Waals surface area (Å²) in [6, 6.07) is 5.88. The number of carbonyl (C=O) groups excluding carboxylic acids is 1. The number of benzene rings is 1. The molecular formula is C19H24N2O3S. The van der Waals surface area contributed by atoms with Crippen LogP contribution in [0.3, 0.4) is 0 Å². The summed E-state index contributed by atoms with van der Waals surface area (Å²) >= 11 is 1.63. The highest BCUT2D eigenvalue weighted by atomic mass is 32.1. The molecule has 1 aromatic heterocycles. The number of thiazole rings is 1. The Balaban J connectivity index is 1.81. The van der Waals surface area contributed by atoms with Crippen molar-refractivity contribution in [1.29, 1.82) is 0 Å². The maximum Gasteiger partial charge on any atom is 0.225 e. The number of rotatable bonds is 7. The lowest BCUT2D eigenvalue weighted by Crippen LogP contribution is -2.23. The standard InChI is InChI=1S/C19H24N2O3S/c1-4-23-7-8-24-13-5-6-14-15(10-18(22)20-16(14)9-13)19-21-17(11-25-19)12(2)3/h5-6,9,11-12,15H,4,7-8,10H2,1-3H3,(H,20,22)/t15-/m1/s1. The number of ether oxygens (including phenoxy) is 2. The van der Waals surface area contributed by atoms with Gasteiger partial charge in [-0.2, -0.15) is 0 Å². The van der Waals surface area contributed by atoms with Gasteiger partial charge in [0.05, 0.1) is 12.3 Å². The highest BCUT2D eigenvalue weighted by molar-refractivity contribution is 7.09. The van der Waals surface area contributed by atoms with E-state index in [9.17, 15) is 4.79 Å². The predicted octanol–water partition coefficient (Wildman–Crippen LogP) is 4.16. The minimum atomic E-state index is 0.0127. The molecule has 1 atom stereocenters. The Morgan fingerprint density at radius 2 is 2.20 bits per heavy atom. The van der Waals surface area contributed by atoms with Crippen LogP contribution in [0.25, 0.3) is 0 Å². The normalized spacial score (nSPS) is 16.6. The molecule has 0 aliphatic carbocycles. The summed E-state index contributed by atoms with van der Waals surface area (Å²) in [7, 11) is 0. The summed E-state index contributed by atoms with van der Waals surface area (Å²) in [6.45, 7) is 7.95. The number of nitrogens with one attached hydrogen (secondary N) is 1. The number of anilines is 1. The highest BCUT2D eigenvalue weighted by Gasteiger charge is 2.29. The lowest BCUT2D eigenvalue weighted by atomic mass is 9.91. The van der Waals surface area contributed by atoms with Crippen molar-refractivity contribution in [1.82, 2.24) is 4.98 Å². The molecule has 0 spiro atoms. The maximum absolute atomic E-state index is 12.2. The van der Waals surface area contributed by atoms with E-state index in [1.807, 2.05) is 25.1 Å². The Labute approximate surface area is 152 Å². The molecule has 1 N–H and O–H groups in total. The molecule has 0 fully saturated rings. The maximum atomic E-state index is 12.2. The molecule has 1 aromatic carbocycles. The molecule has 1 aliphatic rings. The fourth-order valence-corrected chi connectivity index (χ4v) is 3.94. The molecular weight excluding hydrogens is 336 g/mol. The van der Waals surface area contributed by atoms with Crippen molar-refractivity contribution >= 4 is 22.9 Å². The van der Waals surface area contributed by atoms with Crippen molar-refractivity contribution in [3.8, 4) is 5.75 Å². The molecule has 5 nitrogen and oxygen atoms in total. The Morgan fingerprint density at radius 1 is 1.36 bits per heavy atom. The second-order valence-corrected chi connectivity index (χ2v) is 7.25. The van der Waals surface area contributed by atoms with Gasteiger partial charge in [-0.05, 0) is 24.5 Å². The van der Waals surface area contributed by atoms with Crippen molar-refractivity contribution < 1.29 is 14.3 Å². The van der Waals surface area contributed by atoms with Gasteiger partial charge < -0.3 is 14.8 Å². The fourth-order valence-electron chi connectivity index (χ4n) is 2.84. The molecule has 1 aliphatic heterocycles. The van der Waals surface area contributed by atoms with E-state index in [0.717, 1.165) is 27.7 Å². The number of amides is 1. The number of carbonyl (C=O) groups is 1. The molecule has 2 heterocycles. The van der Waals surface area contributed by atoms with E-state index in [4.69, 9.17) is 14.5 Å². The van der Waals surface area contributed by atoms with Crippen molar-refractivity contribution in [3.05, 3.63) is 39.8 Å². The lowest BCUT2D eigenvalue weighted by molar-refractivity contribution is -0.116. The van der Waals surface area contributed by atoms with Gasteiger partial charge in [0, 0.05) is 36.1 Å². The molecule has 0 bridgehead atoms. The molecule has 0 radical (unpaired) electrons. The molecule has 134 valence electrons. The van der Waals surface area contributed by atoms with Crippen molar-refractivity contribution in [3.63, 3.8) is 0 Å². The zero-order valence-corrected chi connectivity index (χ0v) is 15.7. The molecule has 0 unspecified atom stereocenters. The van der Waals surface area contributed by atoms with Gasteiger partial charge in [-0.25, -0.2) is 4.98 Å². The zero-order valence-electron chi connectivity index (χ0n) is 14.9. The van der Waals surface area contributed by atoms with Crippen molar-refractivity contribution in [2.45, 2.75) is 39.0 Å². The monoisotopic (exact) mass is 360 g/mol. The minimum absolute atomic E-state index is 0.0127. The summed E-state index contributed by atoms with van der Waals surface area (Å²) in [4.78, 5) is 16.9. The van der Waals surface area contributed by atoms with Crippen molar-refractivity contribution in [2.24, 2.45) is 0 Å². The van der Waals surface area contributed by atoms with Crippen LogP contribution in [0.2, 0.25) is 0 Å².